The van der Waals surface area contributed by atoms with Crippen molar-refractivity contribution in [2.24, 2.45) is 11.3 Å². The van der Waals surface area contributed by atoms with E-state index in [4.69, 9.17) is 5.11 Å². The van der Waals surface area contributed by atoms with E-state index in [2.05, 4.69) is 11.8 Å². The normalized spacial score (nSPS) is 24.9. The van der Waals surface area contributed by atoms with E-state index in [1.54, 1.807) is 0 Å². The predicted octanol–water partition coefficient (Wildman–Crippen LogP) is 3.83. The van der Waals surface area contributed by atoms with Gasteiger partial charge < -0.3 is 10.0 Å². The Bertz CT molecular complexity index is 236. The molecule has 1 saturated carbocycles. The number of likely N-dealkylation sites (tertiary alicyclic amines) is 1. The van der Waals surface area contributed by atoms with Crippen molar-refractivity contribution in [3.05, 3.63) is 0 Å². The molecule has 2 heteroatoms. The third kappa shape index (κ3) is 4.75. The quantitative estimate of drug-likeness (QED) is 0.739. The van der Waals surface area contributed by atoms with Gasteiger partial charge in [-0.1, -0.05) is 32.6 Å². The molecule has 2 aliphatic rings. The lowest BCUT2D eigenvalue weighted by Crippen LogP contribution is -2.42. The van der Waals surface area contributed by atoms with E-state index in [1.165, 1.54) is 77.4 Å². The number of nitrogens with zero attached hydrogens (tertiary/aromatic N) is 1. The van der Waals surface area contributed by atoms with Crippen molar-refractivity contribution >= 4 is 0 Å². The molecule has 2 nitrogen and oxygen atoms in total. The van der Waals surface area contributed by atoms with Crippen LogP contribution in [0.1, 0.15) is 71.1 Å². The molecular weight excluding hydrogens is 234 g/mol. The van der Waals surface area contributed by atoms with Gasteiger partial charge in [0.05, 0.1) is 0 Å². The zero-order valence-corrected chi connectivity index (χ0v) is 12.9. The minimum absolute atomic E-state index is 0.366. The summed E-state index contributed by atoms with van der Waals surface area (Å²) in [5.41, 5.74) is 0.736. The SMILES string of the molecule is CC1CCC2(CC1)CCN(CCCCCCO)CC2. The van der Waals surface area contributed by atoms with Gasteiger partial charge in [-0.2, -0.15) is 0 Å². The molecule has 0 amide bonds. The molecule has 0 aromatic rings. The van der Waals surface area contributed by atoms with Crippen LogP contribution in [0.5, 0.6) is 0 Å². The first-order valence-corrected chi connectivity index (χ1v) is 8.57. The molecule has 0 radical (unpaired) electrons. The lowest BCUT2D eigenvalue weighted by molar-refractivity contribution is 0.0541. The molecule has 1 saturated heterocycles. The van der Waals surface area contributed by atoms with Gasteiger partial charge in [-0.05, 0) is 69.5 Å². The minimum Gasteiger partial charge on any atom is -0.396 e. The van der Waals surface area contributed by atoms with Gasteiger partial charge >= 0.3 is 0 Å². The molecular formula is C17H33NO. The first-order valence-electron chi connectivity index (χ1n) is 8.57. The second-order valence-corrected chi connectivity index (χ2v) is 7.16. The number of hydrogen-bond donors (Lipinski definition) is 1. The van der Waals surface area contributed by atoms with E-state index in [1.807, 2.05) is 0 Å². The number of hydrogen-bond acceptors (Lipinski definition) is 2. The van der Waals surface area contributed by atoms with Crippen LogP contribution in [-0.2, 0) is 0 Å². The third-order valence-electron chi connectivity index (χ3n) is 5.63. The van der Waals surface area contributed by atoms with Crippen LogP contribution < -0.4 is 0 Å². The van der Waals surface area contributed by atoms with Crippen LogP contribution in [0, 0.1) is 11.3 Å². The second-order valence-electron chi connectivity index (χ2n) is 7.16. The van der Waals surface area contributed by atoms with E-state index in [0.29, 0.717) is 6.61 Å². The number of piperidine rings is 1. The van der Waals surface area contributed by atoms with Crippen molar-refractivity contribution in [1.29, 1.82) is 0 Å². The van der Waals surface area contributed by atoms with Gasteiger partial charge in [0, 0.05) is 6.61 Å². The molecule has 19 heavy (non-hydrogen) atoms. The van der Waals surface area contributed by atoms with E-state index >= 15 is 0 Å². The Balaban J connectivity index is 1.60. The summed E-state index contributed by atoms with van der Waals surface area (Å²) in [4.78, 5) is 2.68. The molecule has 0 atom stereocenters. The summed E-state index contributed by atoms with van der Waals surface area (Å²) in [5.74, 6) is 0.982. The molecule has 1 aliphatic carbocycles. The first kappa shape index (κ1) is 15.3. The van der Waals surface area contributed by atoms with E-state index in [-0.39, 0.29) is 0 Å². The number of aliphatic hydroxyl groups excluding tert-OH is 1. The molecule has 0 unspecified atom stereocenters. The maximum absolute atomic E-state index is 8.76. The summed E-state index contributed by atoms with van der Waals surface area (Å²) in [7, 11) is 0. The third-order valence-corrected chi connectivity index (χ3v) is 5.63. The van der Waals surface area contributed by atoms with Crippen molar-refractivity contribution < 1.29 is 5.11 Å². The molecule has 112 valence electrons. The summed E-state index contributed by atoms with van der Waals surface area (Å²) in [5, 5.41) is 8.76. The highest BCUT2D eigenvalue weighted by Crippen LogP contribution is 2.46. The maximum atomic E-state index is 8.76. The fraction of sp³-hybridized carbons (Fsp3) is 1.00. The number of unbranched alkanes of at least 4 members (excludes halogenated alkanes) is 3. The Morgan fingerprint density at radius 3 is 2.21 bits per heavy atom. The Morgan fingerprint density at radius 1 is 0.947 bits per heavy atom. The molecule has 1 heterocycles. The van der Waals surface area contributed by atoms with E-state index in [0.717, 1.165) is 17.8 Å². The molecule has 2 fully saturated rings. The second kappa shape index (κ2) is 7.64. The smallest absolute Gasteiger partial charge is 0.0431 e. The standard InChI is InChI=1S/C17H33NO/c1-16-6-8-17(9-7-16)10-13-18(14-11-17)12-4-2-3-5-15-19/h16,19H,2-15H2,1H3. The van der Waals surface area contributed by atoms with Crippen LogP contribution >= 0.6 is 0 Å². The summed E-state index contributed by atoms with van der Waals surface area (Å²) >= 11 is 0. The number of aliphatic hydroxyl groups is 1. The maximum Gasteiger partial charge on any atom is 0.0431 e. The molecule has 2 rings (SSSR count). The lowest BCUT2D eigenvalue weighted by atomic mass is 9.66. The first-order chi connectivity index (χ1) is 9.24. The fourth-order valence-electron chi connectivity index (χ4n) is 3.93. The van der Waals surface area contributed by atoms with Crippen LogP contribution in [-0.4, -0.2) is 36.2 Å². The Morgan fingerprint density at radius 2 is 1.58 bits per heavy atom. The van der Waals surface area contributed by atoms with E-state index < -0.39 is 0 Å². The average molecular weight is 267 g/mol. The van der Waals surface area contributed by atoms with Crippen molar-refractivity contribution in [3.8, 4) is 0 Å². The Kier molecular flexibility index (Phi) is 6.15. The molecule has 0 aromatic carbocycles. The average Bonchev–Trinajstić information content (AvgIpc) is 2.44. The highest BCUT2D eigenvalue weighted by Gasteiger charge is 2.36. The molecule has 1 N–H and O–H groups in total. The Hall–Kier alpha value is -0.0800. The van der Waals surface area contributed by atoms with Gasteiger partial charge in [0.1, 0.15) is 0 Å². The van der Waals surface area contributed by atoms with Crippen LogP contribution in [0.2, 0.25) is 0 Å². The zero-order valence-electron chi connectivity index (χ0n) is 12.9. The molecule has 1 aliphatic heterocycles. The van der Waals surface area contributed by atoms with Crippen molar-refractivity contribution in [2.45, 2.75) is 71.1 Å². The monoisotopic (exact) mass is 267 g/mol. The zero-order chi connectivity index (χ0) is 13.6. The van der Waals surface area contributed by atoms with Crippen molar-refractivity contribution in [3.63, 3.8) is 0 Å². The van der Waals surface area contributed by atoms with Gasteiger partial charge in [-0.25, -0.2) is 0 Å². The van der Waals surface area contributed by atoms with Gasteiger partial charge in [0.15, 0.2) is 0 Å². The summed E-state index contributed by atoms with van der Waals surface area (Å²) in [6.45, 7) is 6.76. The largest absolute Gasteiger partial charge is 0.396 e. The Labute approximate surface area is 119 Å². The number of rotatable bonds is 6. The summed E-state index contributed by atoms with van der Waals surface area (Å²) in [6, 6.07) is 0. The van der Waals surface area contributed by atoms with E-state index in [9.17, 15) is 0 Å². The molecule has 1 spiro atoms. The van der Waals surface area contributed by atoms with Crippen LogP contribution in [0.4, 0.5) is 0 Å². The highest BCUT2D eigenvalue weighted by atomic mass is 16.2. The van der Waals surface area contributed by atoms with Crippen LogP contribution in [0.15, 0.2) is 0 Å². The summed E-state index contributed by atoms with van der Waals surface area (Å²) < 4.78 is 0. The van der Waals surface area contributed by atoms with Gasteiger partial charge in [-0.15, -0.1) is 0 Å². The predicted molar refractivity (Wildman–Crippen MR) is 81.3 cm³/mol. The van der Waals surface area contributed by atoms with Crippen LogP contribution in [0.25, 0.3) is 0 Å². The van der Waals surface area contributed by atoms with Gasteiger partial charge in [0.25, 0.3) is 0 Å². The summed E-state index contributed by atoms with van der Waals surface area (Å²) in [6.07, 6.45) is 13.7. The molecule has 0 aromatic heterocycles. The fourth-order valence-corrected chi connectivity index (χ4v) is 3.93. The van der Waals surface area contributed by atoms with Crippen molar-refractivity contribution in [1.82, 2.24) is 4.90 Å². The topological polar surface area (TPSA) is 23.5 Å². The highest BCUT2D eigenvalue weighted by molar-refractivity contribution is 4.89. The minimum atomic E-state index is 0.366. The lowest BCUT2D eigenvalue weighted by Gasteiger charge is -2.45. The van der Waals surface area contributed by atoms with Crippen molar-refractivity contribution in [2.75, 3.05) is 26.2 Å². The van der Waals surface area contributed by atoms with Gasteiger partial charge in [0.2, 0.25) is 0 Å². The van der Waals surface area contributed by atoms with Gasteiger partial charge in [-0.3, -0.25) is 0 Å². The van der Waals surface area contributed by atoms with Crippen LogP contribution in [0.3, 0.4) is 0 Å². The molecule has 0 bridgehead atoms.